The third-order valence-electron chi connectivity index (χ3n) is 5.86. The largest absolute Gasteiger partial charge is 0.495 e. The molecule has 1 heterocycles. The maximum Gasteiger partial charge on any atom is 0.262 e. The van der Waals surface area contributed by atoms with Crippen molar-refractivity contribution in [3.63, 3.8) is 0 Å². The smallest absolute Gasteiger partial charge is 0.262 e. The standard InChI is InChI=1S/C25H27N3O6S2/c1-17-6-13-24(34-3)22(15-17)27-35(30,31)20-9-7-19(8-10-20)26-36(32,33)21-11-12-23(18(2)16-21)28-14-4-5-25(28)29/h6-13,15-16,26-27H,4-5,14H2,1-3H3. The van der Waals surface area contributed by atoms with E-state index in [9.17, 15) is 21.6 Å². The molecular weight excluding hydrogens is 502 g/mol. The predicted molar refractivity (Wildman–Crippen MR) is 139 cm³/mol. The number of aryl methyl sites for hydroxylation is 2. The molecule has 0 saturated carbocycles. The van der Waals surface area contributed by atoms with Gasteiger partial charge in [-0.25, -0.2) is 16.8 Å². The van der Waals surface area contributed by atoms with Gasteiger partial charge >= 0.3 is 0 Å². The number of carbonyl (C=O) groups excluding carboxylic acids is 1. The third kappa shape index (κ3) is 5.31. The Morgan fingerprint density at radius 1 is 0.833 bits per heavy atom. The number of hydrogen-bond acceptors (Lipinski definition) is 6. The minimum absolute atomic E-state index is 0.0252. The second kappa shape index (κ2) is 9.82. The van der Waals surface area contributed by atoms with E-state index in [0.29, 0.717) is 35.7 Å². The number of benzene rings is 3. The van der Waals surface area contributed by atoms with Gasteiger partial charge in [-0.15, -0.1) is 0 Å². The Morgan fingerprint density at radius 2 is 1.50 bits per heavy atom. The van der Waals surface area contributed by atoms with Crippen molar-refractivity contribution in [2.24, 2.45) is 0 Å². The van der Waals surface area contributed by atoms with Gasteiger partial charge in [-0.2, -0.15) is 0 Å². The lowest BCUT2D eigenvalue weighted by molar-refractivity contribution is -0.117. The maximum absolute atomic E-state index is 12.9. The highest BCUT2D eigenvalue weighted by molar-refractivity contribution is 7.93. The van der Waals surface area contributed by atoms with Crippen LogP contribution in [0.2, 0.25) is 0 Å². The minimum atomic E-state index is -3.94. The molecule has 36 heavy (non-hydrogen) atoms. The van der Waals surface area contributed by atoms with Crippen molar-refractivity contribution in [1.82, 2.24) is 0 Å². The number of rotatable bonds is 8. The normalized spacial score (nSPS) is 14.1. The molecule has 11 heteroatoms. The van der Waals surface area contributed by atoms with Crippen molar-refractivity contribution in [2.75, 3.05) is 28.0 Å². The van der Waals surface area contributed by atoms with Crippen LogP contribution in [-0.4, -0.2) is 36.4 Å². The van der Waals surface area contributed by atoms with E-state index in [0.717, 1.165) is 12.0 Å². The molecule has 1 saturated heterocycles. The molecule has 3 aromatic carbocycles. The van der Waals surface area contributed by atoms with Gasteiger partial charge in [0.25, 0.3) is 20.0 Å². The molecule has 0 unspecified atom stereocenters. The summed E-state index contributed by atoms with van der Waals surface area (Å²) < 4.78 is 61.8. The summed E-state index contributed by atoms with van der Waals surface area (Å²) in [6, 6.07) is 15.1. The molecule has 0 aromatic heterocycles. The molecule has 0 atom stereocenters. The number of hydrogen-bond donors (Lipinski definition) is 2. The minimum Gasteiger partial charge on any atom is -0.495 e. The maximum atomic E-state index is 12.9. The fourth-order valence-electron chi connectivity index (χ4n) is 4.02. The van der Waals surface area contributed by atoms with Crippen LogP contribution >= 0.6 is 0 Å². The van der Waals surface area contributed by atoms with Crippen molar-refractivity contribution in [3.8, 4) is 5.75 Å². The summed E-state index contributed by atoms with van der Waals surface area (Å²) in [5, 5.41) is 0. The van der Waals surface area contributed by atoms with Crippen molar-refractivity contribution >= 4 is 43.0 Å². The second-order valence-corrected chi connectivity index (χ2v) is 11.9. The highest BCUT2D eigenvalue weighted by Crippen LogP contribution is 2.30. The van der Waals surface area contributed by atoms with Crippen LogP contribution in [0.5, 0.6) is 5.75 Å². The zero-order valence-corrected chi connectivity index (χ0v) is 21.7. The third-order valence-corrected chi connectivity index (χ3v) is 8.62. The van der Waals surface area contributed by atoms with Crippen molar-refractivity contribution in [2.45, 2.75) is 36.5 Å². The molecule has 0 radical (unpaired) electrons. The summed E-state index contributed by atoms with van der Waals surface area (Å²) in [4.78, 5) is 13.7. The summed E-state index contributed by atoms with van der Waals surface area (Å²) in [5.41, 5.74) is 2.74. The fourth-order valence-corrected chi connectivity index (χ4v) is 6.23. The number of sulfonamides is 2. The van der Waals surface area contributed by atoms with E-state index in [1.807, 2.05) is 6.92 Å². The van der Waals surface area contributed by atoms with E-state index < -0.39 is 20.0 Å². The second-order valence-electron chi connectivity index (χ2n) is 8.54. The van der Waals surface area contributed by atoms with E-state index in [4.69, 9.17) is 4.74 Å². The highest BCUT2D eigenvalue weighted by Gasteiger charge is 2.24. The van der Waals surface area contributed by atoms with Crippen LogP contribution in [0.3, 0.4) is 0 Å². The van der Waals surface area contributed by atoms with Crippen LogP contribution in [0, 0.1) is 13.8 Å². The van der Waals surface area contributed by atoms with Gasteiger partial charge < -0.3 is 9.64 Å². The molecule has 4 rings (SSSR count). The number of carbonyl (C=O) groups is 1. The van der Waals surface area contributed by atoms with Gasteiger partial charge in [-0.05, 0) is 86.0 Å². The van der Waals surface area contributed by atoms with Crippen LogP contribution in [-0.2, 0) is 24.8 Å². The van der Waals surface area contributed by atoms with Crippen molar-refractivity contribution < 1.29 is 26.4 Å². The summed E-state index contributed by atoms with van der Waals surface area (Å²) in [6.45, 7) is 4.21. The van der Waals surface area contributed by atoms with E-state index in [-0.39, 0.29) is 21.4 Å². The molecule has 9 nitrogen and oxygen atoms in total. The van der Waals surface area contributed by atoms with E-state index in [2.05, 4.69) is 9.44 Å². The number of ether oxygens (including phenoxy) is 1. The molecule has 0 aliphatic carbocycles. The molecule has 0 spiro atoms. The number of amides is 1. The van der Waals surface area contributed by atoms with Gasteiger partial charge in [0.15, 0.2) is 0 Å². The van der Waals surface area contributed by atoms with E-state index >= 15 is 0 Å². The van der Waals surface area contributed by atoms with Gasteiger partial charge in [0.2, 0.25) is 5.91 Å². The Morgan fingerprint density at radius 3 is 2.11 bits per heavy atom. The highest BCUT2D eigenvalue weighted by atomic mass is 32.2. The number of nitrogens with zero attached hydrogens (tertiary/aromatic N) is 1. The average molecular weight is 530 g/mol. The van der Waals surface area contributed by atoms with Crippen LogP contribution in [0.15, 0.2) is 70.5 Å². The SMILES string of the molecule is COc1ccc(C)cc1NS(=O)(=O)c1ccc(NS(=O)(=O)c2ccc(N3CCCC3=O)c(C)c2)cc1. The molecular formula is C25H27N3O6S2. The first kappa shape index (κ1) is 25.5. The summed E-state index contributed by atoms with van der Waals surface area (Å²) >= 11 is 0. The zero-order chi connectivity index (χ0) is 26.1. The molecule has 3 aromatic rings. The molecule has 190 valence electrons. The van der Waals surface area contributed by atoms with Crippen LogP contribution < -0.4 is 19.1 Å². The lowest BCUT2D eigenvalue weighted by Crippen LogP contribution is -2.24. The topological polar surface area (TPSA) is 122 Å². The van der Waals surface area contributed by atoms with Crippen LogP contribution in [0.4, 0.5) is 17.1 Å². The van der Waals surface area contributed by atoms with Gasteiger partial charge in [0, 0.05) is 24.3 Å². The summed E-state index contributed by atoms with van der Waals surface area (Å²) in [5.74, 6) is 0.404. The Labute approximate surface area is 211 Å². The molecule has 1 amide bonds. The average Bonchev–Trinajstić information content (AvgIpc) is 3.24. The zero-order valence-electron chi connectivity index (χ0n) is 20.1. The summed E-state index contributed by atoms with van der Waals surface area (Å²) in [7, 11) is -6.42. The molecule has 0 bridgehead atoms. The van der Waals surface area contributed by atoms with Gasteiger partial charge in [0.1, 0.15) is 5.75 Å². The lowest BCUT2D eigenvalue weighted by atomic mass is 10.2. The van der Waals surface area contributed by atoms with E-state index in [1.165, 1.54) is 43.5 Å². The van der Waals surface area contributed by atoms with Gasteiger partial charge in [0.05, 0.1) is 22.6 Å². The number of methoxy groups -OCH3 is 1. The van der Waals surface area contributed by atoms with Gasteiger partial charge in [-0.1, -0.05) is 6.07 Å². The van der Waals surface area contributed by atoms with Crippen molar-refractivity contribution in [1.29, 1.82) is 0 Å². The monoisotopic (exact) mass is 529 g/mol. The Bertz CT molecular complexity index is 1520. The Hall–Kier alpha value is -3.57. The first-order valence-electron chi connectivity index (χ1n) is 11.2. The fraction of sp³-hybridized carbons (Fsp3) is 0.240. The lowest BCUT2D eigenvalue weighted by Gasteiger charge is -2.19. The first-order valence-corrected chi connectivity index (χ1v) is 14.2. The number of anilines is 3. The number of nitrogens with one attached hydrogen (secondary N) is 2. The quantitative estimate of drug-likeness (QED) is 0.454. The van der Waals surface area contributed by atoms with E-state index in [1.54, 1.807) is 36.1 Å². The van der Waals surface area contributed by atoms with Crippen LogP contribution in [0.25, 0.3) is 0 Å². The molecule has 1 aliphatic rings. The van der Waals surface area contributed by atoms with Crippen molar-refractivity contribution in [3.05, 3.63) is 71.8 Å². The predicted octanol–water partition coefficient (Wildman–Crippen LogP) is 4.04. The Kier molecular flexibility index (Phi) is 6.96. The summed E-state index contributed by atoms with van der Waals surface area (Å²) in [6.07, 6.45) is 1.26. The van der Waals surface area contributed by atoms with Gasteiger partial charge in [-0.3, -0.25) is 14.2 Å². The van der Waals surface area contributed by atoms with Crippen LogP contribution in [0.1, 0.15) is 24.0 Å². The Balaban J connectivity index is 1.51. The molecule has 1 aliphatic heterocycles. The first-order chi connectivity index (χ1) is 17.0. The molecule has 2 N–H and O–H groups in total. The molecule has 1 fully saturated rings.